The van der Waals surface area contributed by atoms with Crippen molar-refractivity contribution in [3.8, 4) is 17.5 Å². The minimum absolute atomic E-state index is 0.294. The lowest BCUT2D eigenvalue weighted by Gasteiger charge is -2.13. The highest BCUT2D eigenvalue weighted by atomic mass is 16.5. The second-order valence-electron chi connectivity index (χ2n) is 7.08. The van der Waals surface area contributed by atoms with Crippen LogP contribution >= 0.6 is 0 Å². The summed E-state index contributed by atoms with van der Waals surface area (Å²) in [6.45, 7) is 8.28. The number of aromatic nitrogens is 4. The van der Waals surface area contributed by atoms with E-state index in [2.05, 4.69) is 30.2 Å². The van der Waals surface area contributed by atoms with Gasteiger partial charge in [-0.05, 0) is 63.1 Å². The molecular formula is C24H24N6O2. The average Bonchev–Trinajstić information content (AvgIpc) is 2.79. The number of fused-ring (bicyclic) bond motifs is 1. The lowest BCUT2D eigenvalue weighted by molar-refractivity contribution is 0.314. The monoisotopic (exact) mass is 428 g/mol. The van der Waals surface area contributed by atoms with Crippen molar-refractivity contribution < 1.29 is 9.47 Å². The molecule has 0 saturated heterocycles. The van der Waals surface area contributed by atoms with Crippen LogP contribution in [0.5, 0.6) is 17.5 Å². The molecule has 0 aliphatic rings. The van der Waals surface area contributed by atoms with E-state index in [1.165, 1.54) is 6.33 Å². The van der Waals surface area contributed by atoms with Crippen LogP contribution in [-0.2, 0) is 0 Å². The van der Waals surface area contributed by atoms with Crippen LogP contribution in [0.2, 0.25) is 0 Å². The molecule has 0 saturated carbocycles. The van der Waals surface area contributed by atoms with Gasteiger partial charge < -0.3 is 14.8 Å². The molecule has 2 aromatic carbocycles. The molecule has 0 spiro atoms. The first-order chi connectivity index (χ1) is 15.6. The topological polar surface area (TPSA) is 94.4 Å². The number of rotatable bonds is 7. The van der Waals surface area contributed by atoms with Crippen LogP contribution in [0.1, 0.15) is 25.0 Å². The van der Waals surface area contributed by atoms with Crippen molar-refractivity contribution in [2.24, 2.45) is 4.99 Å². The van der Waals surface area contributed by atoms with Crippen LogP contribution in [-0.4, -0.2) is 32.8 Å². The molecule has 1 N–H and O–H groups in total. The van der Waals surface area contributed by atoms with Gasteiger partial charge in [0.05, 0.1) is 18.5 Å². The molecule has 0 radical (unpaired) electrons. The lowest BCUT2D eigenvalue weighted by Crippen LogP contribution is -2.02. The highest BCUT2D eigenvalue weighted by Gasteiger charge is 2.10. The van der Waals surface area contributed by atoms with Gasteiger partial charge in [0, 0.05) is 18.0 Å². The first-order valence-corrected chi connectivity index (χ1v) is 10.3. The maximum Gasteiger partial charge on any atom is 0.317 e. The third-order valence-electron chi connectivity index (χ3n) is 4.74. The third-order valence-corrected chi connectivity index (χ3v) is 4.74. The number of hydrogen-bond acceptors (Lipinski definition) is 8. The number of ether oxygens (including phenoxy) is 2. The van der Waals surface area contributed by atoms with Crippen LogP contribution in [0.15, 0.2) is 53.9 Å². The van der Waals surface area contributed by atoms with E-state index >= 15 is 0 Å². The van der Waals surface area contributed by atoms with Gasteiger partial charge in [0.25, 0.3) is 0 Å². The normalized spacial score (nSPS) is 11.1. The summed E-state index contributed by atoms with van der Waals surface area (Å²) in [5.41, 5.74) is 5.04. The van der Waals surface area contributed by atoms with E-state index in [-0.39, 0.29) is 0 Å². The number of anilines is 2. The second-order valence-corrected chi connectivity index (χ2v) is 7.08. The number of nitrogens with zero attached hydrogens (tertiary/aromatic N) is 5. The van der Waals surface area contributed by atoms with Gasteiger partial charge in [0.1, 0.15) is 28.9 Å². The standard InChI is InChI=1S/C24H24N6O2/c1-5-25-19-12-18(9-7-15(19)3)32-21-10-8-17(11-16(21)4)29-23-22-20(27-14-28-23)13-26-24(30-22)31-6-2/h5,7-14H,6H2,1-4H3,(H,27,28,29). The Hall–Kier alpha value is -4.07. The van der Waals surface area contributed by atoms with Crippen molar-refractivity contribution in [1.82, 2.24) is 19.9 Å². The summed E-state index contributed by atoms with van der Waals surface area (Å²) >= 11 is 0. The van der Waals surface area contributed by atoms with E-state index in [1.807, 2.05) is 64.1 Å². The van der Waals surface area contributed by atoms with Crippen molar-refractivity contribution >= 4 is 34.4 Å². The average molecular weight is 428 g/mol. The molecule has 2 heterocycles. The van der Waals surface area contributed by atoms with Gasteiger partial charge in [0.15, 0.2) is 5.82 Å². The molecule has 162 valence electrons. The van der Waals surface area contributed by atoms with Gasteiger partial charge in [0.2, 0.25) is 0 Å². The Morgan fingerprint density at radius 3 is 2.69 bits per heavy atom. The molecule has 8 nitrogen and oxygen atoms in total. The van der Waals surface area contributed by atoms with E-state index in [9.17, 15) is 0 Å². The Kier molecular flexibility index (Phi) is 6.21. The predicted octanol–water partition coefficient (Wildman–Crippen LogP) is 5.69. The summed E-state index contributed by atoms with van der Waals surface area (Å²) in [5.74, 6) is 2.08. The van der Waals surface area contributed by atoms with Gasteiger partial charge in [-0.25, -0.2) is 15.0 Å². The first-order valence-electron chi connectivity index (χ1n) is 10.3. The van der Waals surface area contributed by atoms with Gasteiger partial charge in [-0.15, -0.1) is 0 Å². The molecule has 2 aromatic heterocycles. The molecule has 8 heteroatoms. The zero-order valence-electron chi connectivity index (χ0n) is 18.5. The number of hydrogen-bond donors (Lipinski definition) is 1. The molecule has 0 fully saturated rings. The summed E-state index contributed by atoms with van der Waals surface area (Å²) in [6.07, 6.45) is 4.88. The third kappa shape index (κ3) is 4.64. The molecule has 0 atom stereocenters. The van der Waals surface area contributed by atoms with E-state index in [1.54, 1.807) is 12.4 Å². The number of aryl methyl sites for hydroxylation is 2. The van der Waals surface area contributed by atoms with Crippen molar-refractivity contribution in [1.29, 1.82) is 0 Å². The Bertz CT molecular complexity index is 1290. The largest absolute Gasteiger partial charge is 0.464 e. The fourth-order valence-electron chi connectivity index (χ4n) is 3.16. The predicted molar refractivity (Wildman–Crippen MR) is 126 cm³/mol. The zero-order valence-corrected chi connectivity index (χ0v) is 18.5. The van der Waals surface area contributed by atoms with E-state index in [0.29, 0.717) is 29.5 Å². The summed E-state index contributed by atoms with van der Waals surface area (Å²) < 4.78 is 11.5. The van der Waals surface area contributed by atoms with Gasteiger partial charge in [-0.2, -0.15) is 4.98 Å². The number of nitrogens with one attached hydrogen (secondary N) is 1. The molecule has 4 rings (SSSR count). The first kappa shape index (κ1) is 21.2. The van der Waals surface area contributed by atoms with Crippen molar-refractivity contribution in [2.45, 2.75) is 27.7 Å². The fraction of sp³-hybridized carbons (Fsp3) is 0.208. The molecular weight excluding hydrogens is 404 g/mol. The Morgan fingerprint density at radius 1 is 1.03 bits per heavy atom. The molecule has 0 aliphatic heterocycles. The van der Waals surface area contributed by atoms with Crippen molar-refractivity contribution in [2.75, 3.05) is 11.9 Å². The van der Waals surface area contributed by atoms with Crippen LogP contribution in [0.4, 0.5) is 17.2 Å². The second kappa shape index (κ2) is 9.38. The molecule has 0 unspecified atom stereocenters. The quantitative estimate of drug-likeness (QED) is 0.378. The Balaban J connectivity index is 1.58. The molecule has 0 amide bonds. The van der Waals surface area contributed by atoms with Crippen molar-refractivity contribution in [3.63, 3.8) is 0 Å². The Morgan fingerprint density at radius 2 is 1.91 bits per heavy atom. The van der Waals surface area contributed by atoms with Crippen LogP contribution in [0, 0.1) is 13.8 Å². The van der Waals surface area contributed by atoms with Gasteiger partial charge in [-0.3, -0.25) is 4.99 Å². The molecule has 32 heavy (non-hydrogen) atoms. The van der Waals surface area contributed by atoms with E-state index in [4.69, 9.17) is 9.47 Å². The lowest BCUT2D eigenvalue weighted by atomic mass is 10.2. The maximum atomic E-state index is 6.10. The maximum absolute atomic E-state index is 6.10. The smallest absolute Gasteiger partial charge is 0.317 e. The van der Waals surface area contributed by atoms with Crippen LogP contribution in [0.25, 0.3) is 11.0 Å². The molecule has 4 aromatic rings. The highest BCUT2D eigenvalue weighted by Crippen LogP contribution is 2.32. The summed E-state index contributed by atoms with van der Waals surface area (Å²) in [7, 11) is 0. The molecule has 0 bridgehead atoms. The summed E-state index contributed by atoms with van der Waals surface area (Å²) in [6, 6.07) is 12.0. The van der Waals surface area contributed by atoms with E-state index in [0.717, 1.165) is 34.0 Å². The van der Waals surface area contributed by atoms with Crippen molar-refractivity contribution in [3.05, 3.63) is 60.0 Å². The number of aliphatic imine (C=N–C) groups is 1. The SMILES string of the molecule is CC=Nc1cc(Oc2ccc(Nc3ncnc4cnc(OCC)nc34)cc2C)ccc1C. The summed E-state index contributed by atoms with van der Waals surface area (Å²) in [4.78, 5) is 21.5. The van der Waals surface area contributed by atoms with E-state index < -0.39 is 0 Å². The minimum atomic E-state index is 0.294. The Labute approximate surface area is 186 Å². The zero-order chi connectivity index (χ0) is 22.5. The minimum Gasteiger partial charge on any atom is -0.464 e. The van der Waals surface area contributed by atoms with Crippen LogP contribution in [0.3, 0.4) is 0 Å². The summed E-state index contributed by atoms with van der Waals surface area (Å²) in [5, 5.41) is 3.31. The number of benzene rings is 2. The van der Waals surface area contributed by atoms with Crippen LogP contribution < -0.4 is 14.8 Å². The highest BCUT2D eigenvalue weighted by molar-refractivity contribution is 5.86. The fourth-order valence-corrected chi connectivity index (χ4v) is 3.16. The van der Waals surface area contributed by atoms with Gasteiger partial charge >= 0.3 is 6.01 Å². The molecule has 0 aliphatic carbocycles. The van der Waals surface area contributed by atoms with Gasteiger partial charge in [-0.1, -0.05) is 6.07 Å².